The predicted octanol–water partition coefficient (Wildman–Crippen LogP) is 3.67. The van der Waals surface area contributed by atoms with Gasteiger partial charge in [-0.2, -0.15) is 18.8 Å². The van der Waals surface area contributed by atoms with E-state index < -0.39 is 0 Å². The van der Waals surface area contributed by atoms with Crippen LogP contribution in [0.1, 0.15) is 47.5 Å². The van der Waals surface area contributed by atoms with Crippen molar-refractivity contribution in [2.45, 2.75) is 47.5 Å². The van der Waals surface area contributed by atoms with Crippen LogP contribution < -0.4 is 0 Å². The first-order chi connectivity index (χ1) is 4.96. The van der Waals surface area contributed by atoms with Crippen molar-refractivity contribution in [2.75, 3.05) is 0 Å². The molecule has 0 aromatic rings. The minimum atomic E-state index is 0. The van der Waals surface area contributed by atoms with Crippen molar-refractivity contribution in [1.29, 1.82) is 0 Å². The molecule has 12 heavy (non-hydrogen) atoms. The maximum Gasteiger partial charge on any atom is 0 e. The number of hydrogen-bond donors (Lipinski definition) is 0. The van der Waals surface area contributed by atoms with E-state index in [1.54, 1.807) is 5.92 Å². The van der Waals surface area contributed by atoms with Crippen LogP contribution in [0, 0.1) is 23.2 Å². The van der Waals surface area contributed by atoms with Gasteiger partial charge in [-0.3, -0.25) is 0 Å². The van der Waals surface area contributed by atoms with Gasteiger partial charge >= 0.3 is 0 Å². The molecule has 1 fully saturated rings. The first-order valence-corrected chi connectivity index (χ1v) is 4.80. The van der Waals surface area contributed by atoms with Crippen LogP contribution in [0.15, 0.2) is 0 Å². The Morgan fingerprint density at radius 2 is 1.50 bits per heavy atom. The molecule has 0 spiro atoms. The Bertz CT molecular complexity index is 132. The van der Waals surface area contributed by atoms with E-state index in [-0.39, 0.29) is 32.7 Å². The van der Waals surface area contributed by atoms with E-state index in [2.05, 4.69) is 34.6 Å². The summed E-state index contributed by atoms with van der Waals surface area (Å²) in [6.07, 6.45) is 2.75. The van der Waals surface area contributed by atoms with Crippen molar-refractivity contribution >= 4 is 0 Å². The molecule has 0 heterocycles. The molecule has 0 nitrogen and oxygen atoms in total. The molecule has 0 bridgehead atoms. The molecule has 0 aliphatic heterocycles. The van der Waals surface area contributed by atoms with E-state index in [0.29, 0.717) is 5.41 Å². The molecule has 1 saturated carbocycles. The third kappa shape index (κ3) is 2.55. The fourth-order valence-electron chi connectivity index (χ4n) is 1.80. The molecule has 0 N–H and O–H groups in total. The van der Waals surface area contributed by atoms with Gasteiger partial charge in [-0.15, -0.1) is 0 Å². The van der Waals surface area contributed by atoms with Gasteiger partial charge in [-0.05, 0) is 5.92 Å². The van der Waals surface area contributed by atoms with Gasteiger partial charge in [0.25, 0.3) is 0 Å². The molecule has 0 aromatic carbocycles. The average molecular weight is 242 g/mol. The van der Waals surface area contributed by atoms with E-state index >= 15 is 0 Å². The standard InChI is InChI=1S/C11H21.Y/c1-8(2)10-6-11(5,7-10)9(3)4;/h8-9H,6-7H2,1-5H3;/q-1;. The Balaban J connectivity index is 0.00000121. The topological polar surface area (TPSA) is 0 Å². The molecule has 0 aromatic heterocycles. The normalized spacial score (nSPS) is 22.2. The zero-order chi connectivity index (χ0) is 8.65. The maximum absolute atomic E-state index is 2.42. The fourth-order valence-corrected chi connectivity index (χ4v) is 1.80. The van der Waals surface area contributed by atoms with Crippen molar-refractivity contribution in [3.05, 3.63) is 5.92 Å². The van der Waals surface area contributed by atoms with E-state index in [0.717, 1.165) is 11.8 Å². The zero-order valence-electron chi connectivity index (χ0n) is 9.15. The molecule has 1 heteroatoms. The van der Waals surface area contributed by atoms with E-state index in [9.17, 15) is 0 Å². The van der Waals surface area contributed by atoms with Crippen LogP contribution in [-0.4, -0.2) is 0 Å². The molecule has 0 atom stereocenters. The molecule has 0 saturated heterocycles. The van der Waals surface area contributed by atoms with Crippen molar-refractivity contribution in [2.24, 2.45) is 17.3 Å². The van der Waals surface area contributed by atoms with Gasteiger partial charge in [0, 0.05) is 32.7 Å². The van der Waals surface area contributed by atoms with Gasteiger partial charge in [0.1, 0.15) is 0 Å². The zero-order valence-corrected chi connectivity index (χ0v) is 12.0. The van der Waals surface area contributed by atoms with Gasteiger partial charge in [-0.1, -0.05) is 40.0 Å². The van der Waals surface area contributed by atoms with Crippen LogP contribution in [0.5, 0.6) is 0 Å². The summed E-state index contributed by atoms with van der Waals surface area (Å²) in [6.45, 7) is 11.7. The summed E-state index contributed by atoms with van der Waals surface area (Å²) >= 11 is 0. The first kappa shape index (κ1) is 13.1. The van der Waals surface area contributed by atoms with E-state index in [1.165, 1.54) is 12.8 Å². The van der Waals surface area contributed by atoms with Crippen LogP contribution in [0.3, 0.4) is 0 Å². The smallest absolute Gasteiger partial charge is 0 e. The minimum absolute atomic E-state index is 0. The Labute approximate surface area is 103 Å². The number of rotatable bonds is 2. The summed E-state index contributed by atoms with van der Waals surface area (Å²) in [5.74, 6) is 3.45. The summed E-state index contributed by atoms with van der Waals surface area (Å²) < 4.78 is 0. The van der Waals surface area contributed by atoms with E-state index in [4.69, 9.17) is 0 Å². The Morgan fingerprint density at radius 3 is 1.75 bits per heavy atom. The van der Waals surface area contributed by atoms with Crippen molar-refractivity contribution in [1.82, 2.24) is 0 Å². The second kappa shape index (κ2) is 4.55. The largest absolute Gasteiger partial charge is 0.310 e. The third-order valence-corrected chi connectivity index (χ3v) is 3.47. The fraction of sp³-hybridized carbons (Fsp3) is 0.909. The van der Waals surface area contributed by atoms with Crippen molar-refractivity contribution in [3.8, 4) is 0 Å². The summed E-state index contributed by atoms with van der Waals surface area (Å²) in [7, 11) is 0. The predicted molar refractivity (Wildman–Crippen MR) is 50.3 cm³/mol. The van der Waals surface area contributed by atoms with Crippen molar-refractivity contribution in [3.63, 3.8) is 0 Å². The molecule has 1 radical (unpaired) electrons. The van der Waals surface area contributed by atoms with Crippen LogP contribution in [-0.2, 0) is 32.7 Å². The van der Waals surface area contributed by atoms with Crippen LogP contribution in [0.2, 0.25) is 0 Å². The second-order valence-corrected chi connectivity index (χ2v) is 4.98. The quantitative estimate of drug-likeness (QED) is 0.648. The molecule has 0 amide bonds. The maximum atomic E-state index is 2.42. The van der Waals surface area contributed by atoms with Gasteiger partial charge in [0.15, 0.2) is 0 Å². The second-order valence-electron chi connectivity index (χ2n) is 4.98. The van der Waals surface area contributed by atoms with Gasteiger partial charge in [0.2, 0.25) is 0 Å². The summed E-state index contributed by atoms with van der Waals surface area (Å²) in [4.78, 5) is 0. The summed E-state index contributed by atoms with van der Waals surface area (Å²) in [6, 6.07) is 0. The van der Waals surface area contributed by atoms with Gasteiger partial charge in [-0.25, -0.2) is 0 Å². The average Bonchev–Trinajstić information content (AvgIpc) is 1.79. The van der Waals surface area contributed by atoms with Crippen LogP contribution in [0.4, 0.5) is 0 Å². The third-order valence-electron chi connectivity index (χ3n) is 3.47. The Hall–Kier alpha value is 1.10. The summed E-state index contributed by atoms with van der Waals surface area (Å²) in [5, 5.41) is 0. The van der Waals surface area contributed by atoms with E-state index in [1.807, 2.05) is 0 Å². The van der Waals surface area contributed by atoms with Crippen molar-refractivity contribution < 1.29 is 32.7 Å². The Kier molecular flexibility index (Phi) is 4.97. The molecule has 69 valence electrons. The summed E-state index contributed by atoms with van der Waals surface area (Å²) in [5.41, 5.74) is 0.638. The Morgan fingerprint density at radius 1 is 1.08 bits per heavy atom. The molecular weight excluding hydrogens is 221 g/mol. The molecular formula is C11H21Y-. The number of hydrogen-bond acceptors (Lipinski definition) is 0. The first-order valence-electron chi connectivity index (χ1n) is 4.80. The molecule has 1 rings (SSSR count). The monoisotopic (exact) mass is 242 g/mol. The van der Waals surface area contributed by atoms with Crippen LogP contribution >= 0.6 is 0 Å². The molecule has 0 unspecified atom stereocenters. The minimum Gasteiger partial charge on any atom is -0.310 e. The van der Waals surface area contributed by atoms with Gasteiger partial charge in [0.05, 0.1) is 0 Å². The van der Waals surface area contributed by atoms with Crippen LogP contribution in [0.25, 0.3) is 0 Å². The van der Waals surface area contributed by atoms with Gasteiger partial charge < -0.3 is 5.92 Å². The SMILES string of the molecule is CC(C)[C-]1CC(C)(C(C)C)C1.[Y]. The molecule has 1 aliphatic carbocycles. The molecule has 1 aliphatic rings.